The first-order valence-electron chi connectivity index (χ1n) is 6.54. The van der Waals surface area contributed by atoms with Gasteiger partial charge >= 0.3 is 6.01 Å². The van der Waals surface area contributed by atoms with Crippen molar-refractivity contribution in [2.45, 2.75) is 13.8 Å². The molecule has 0 spiro atoms. The summed E-state index contributed by atoms with van der Waals surface area (Å²) >= 11 is 0. The van der Waals surface area contributed by atoms with E-state index < -0.39 is 0 Å². The summed E-state index contributed by atoms with van der Waals surface area (Å²) in [5.74, 6) is 1.84. The molecule has 6 nitrogen and oxygen atoms in total. The second-order valence-electron chi connectivity index (χ2n) is 4.14. The molecule has 0 radical (unpaired) electrons. The van der Waals surface area contributed by atoms with Crippen molar-refractivity contribution in [3.8, 4) is 22.9 Å². The largest absolute Gasteiger partial charge is 0.493 e. The molecular formula is C14H19N3O3. The highest BCUT2D eigenvalue weighted by Gasteiger charge is 2.14. The highest BCUT2D eigenvalue weighted by atomic mass is 16.5. The minimum Gasteiger partial charge on any atom is -0.493 e. The van der Waals surface area contributed by atoms with Crippen molar-refractivity contribution in [3.05, 3.63) is 18.2 Å². The van der Waals surface area contributed by atoms with Gasteiger partial charge in [0.05, 0.1) is 14.2 Å². The van der Waals surface area contributed by atoms with Crippen molar-refractivity contribution in [2.75, 3.05) is 32.2 Å². The third kappa shape index (κ3) is 2.68. The Balaban J connectivity index is 2.32. The van der Waals surface area contributed by atoms with Gasteiger partial charge in [0.15, 0.2) is 11.5 Å². The van der Waals surface area contributed by atoms with Crippen molar-refractivity contribution >= 4 is 6.01 Å². The van der Waals surface area contributed by atoms with E-state index in [1.807, 2.05) is 36.9 Å². The molecule has 0 N–H and O–H groups in total. The van der Waals surface area contributed by atoms with Crippen LogP contribution in [-0.2, 0) is 0 Å². The van der Waals surface area contributed by atoms with Gasteiger partial charge in [-0.2, -0.15) is 4.98 Å². The molecule has 20 heavy (non-hydrogen) atoms. The summed E-state index contributed by atoms with van der Waals surface area (Å²) < 4.78 is 15.8. The van der Waals surface area contributed by atoms with E-state index in [0.717, 1.165) is 18.7 Å². The van der Waals surface area contributed by atoms with Crippen LogP contribution in [0.1, 0.15) is 13.8 Å². The molecule has 1 heterocycles. The zero-order valence-electron chi connectivity index (χ0n) is 12.2. The number of ether oxygens (including phenoxy) is 2. The van der Waals surface area contributed by atoms with Crippen molar-refractivity contribution in [3.63, 3.8) is 0 Å². The van der Waals surface area contributed by atoms with Crippen molar-refractivity contribution in [1.82, 2.24) is 10.1 Å². The van der Waals surface area contributed by atoms with Gasteiger partial charge in [0, 0.05) is 18.7 Å². The maximum Gasteiger partial charge on any atom is 0.324 e. The number of rotatable bonds is 6. The van der Waals surface area contributed by atoms with E-state index >= 15 is 0 Å². The molecule has 0 aliphatic carbocycles. The second kappa shape index (κ2) is 6.27. The molecule has 0 aliphatic rings. The molecule has 0 unspecified atom stereocenters. The van der Waals surface area contributed by atoms with Crippen molar-refractivity contribution in [1.29, 1.82) is 0 Å². The van der Waals surface area contributed by atoms with Crippen LogP contribution < -0.4 is 14.4 Å². The lowest BCUT2D eigenvalue weighted by Gasteiger charge is -2.13. The zero-order valence-corrected chi connectivity index (χ0v) is 12.2. The predicted molar refractivity (Wildman–Crippen MR) is 76.4 cm³/mol. The molecule has 2 rings (SSSR count). The third-order valence-electron chi connectivity index (χ3n) is 3.09. The fourth-order valence-electron chi connectivity index (χ4n) is 1.93. The molecule has 0 saturated carbocycles. The number of hydrogen-bond acceptors (Lipinski definition) is 6. The average molecular weight is 277 g/mol. The maximum atomic E-state index is 5.29. The van der Waals surface area contributed by atoms with Crippen molar-refractivity contribution < 1.29 is 14.0 Å². The lowest BCUT2D eigenvalue weighted by molar-refractivity contribution is 0.355. The fourth-order valence-corrected chi connectivity index (χ4v) is 1.93. The summed E-state index contributed by atoms with van der Waals surface area (Å²) in [6.45, 7) is 5.74. The fraction of sp³-hybridized carbons (Fsp3) is 0.429. The van der Waals surface area contributed by atoms with Gasteiger partial charge in [-0.15, -0.1) is 0 Å². The predicted octanol–water partition coefficient (Wildman–Crippen LogP) is 2.60. The molecule has 0 saturated heterocycles. The van der Waals surface area contributed by atoms with Gasteiger partial charge in [-0.1, -0.05) is 5.16 Å². The first-order valence-corrected chi connectivity index (χ1v) is 6.54. The van der Waals surface area contributed by atoms with E-state index in [1.54, 1.807) is 14.2 Å². The summed E-state index contributed by atoms with van der Waals surface area (Å²) in [5, 5.41) is 4.01. The molecule has 0 amide bonds. The van der Waals surface area contributed by atoms with E-state index in [1.165, 1.54) is 0 Å². The van der Waals surface area contributed by atoms with E-state index in [2.05, 4.69) is 10.1 Å². The molecule has 6 heteroatoms. The van der Waals surface area contributed by atoms with E-state index in [4.69, 9.17) is 14.0 Å². The Morgan fingerprint density at radius 1 is 1.10 bits per heavy atom. The minimum atomic E-state index is 0.528. The molecule has 0 aliphatic heterocycles. The van der Waals surface area contributed by atoms with Gasteiger partial charge in [0.1, 0.15) is 0 Å². The Hall–Kier alpha value is -2.24. The van der Waals surface area contributed by atoms with E-state index in [9.17, 15) is 0 Å². The van der Waals surface area contributed by atoms with Gasteiger partial charge in [-0.05, 0) is 32.0 Å². The standard InChI is InChI=1S/C14H19N3O3/c1-5-17(6-2)14-15-13(16-20-14)10-7-8-11(18-3)12(9-10)19-4/h7-9H,5-6H2,1-4H3. The first-order chi connectivity index (χ1) is 9.73. The lowest BCUT2D eigenvalue weighted by Crippen LogP contribution is -2.21. The van der Waals surface area contributed by atoms with E-state index in [-0.39, 0.29) is 0 Å². The zero-order chi connectivity index (χ0) is 14.5. The van der Waals surface area contributed by atoms with Crippen molar-refractivity contribution in [2.24, 2.45) is 0 Å². The third-order valence-corrected chi connectivity index (χ3v) is 3.09. The molecule has 0 bridgehead atoms. The molecular weight excluding hydrogens is 258 g/mol. The van der Waals surface area contributed by atoms with Crippen LogP contribution in [0.3, 0.4) is 0 Å². The summed E-state index contributed by atoms with van der Waals surface area (Å²) in [6, 6.07) is 6.05. The Morgan fingerprint density at radius 3 is 2.40 bits per heavy atom. The summed E-state index contributed by atoms with van der Waals surface area (Å²) in [6.07, 6.45) is 0. The highest BCUT2D eigenvalue weighted by molar-refractivity contribution is 5.61. The van der Waals surface area contributed by atoms with Crippen LogP contribution in [0, 0.1) is 0 Å². The smallest absolute Gasteiger partial charge is 0.324 e. The molecule has 2 aromatic rings. The normalized spacial score (nSPS) is 10.4. The molecule has 108 valence electrons. The number of anilines is 1. The van der Waals surface area contributed by atoms with Crippen LogP contribution in [-0.4, -0.2) is 37.4 Å². The number of methoxy groups -OCH3 is 2. The Kier molecular flexibility index (Phi) is 4.45. The van der Waals surface area contributed by atoms with Crippen LogP contribution in [0.15, 0.2) is 22.7 Å². The van der Waals surface area contributed by atoms with Gasteiger partial charge < -0.3 is 18.9 Å². The van der Waals surface area contributed by atoms with Gasteiger partial charge in [0.2, 0.25) is 5.82 Å². The molecule has 0 atom stereocenters. The average Bonchev–Trinajstić information content (AvgIpc) is 2.97. The number of benzene rings is 1. The quantitative estimate of drug-likeness (QED) is 0.809. The van der Waals surface area contributed by atoms with E-state index in [0.29, 0.717) is 23.3 Å². The second-order valence-corrected chi connectivity index (χ2v) is 4.14. The monoisotopic (exact) mass is 277 g/mol. The van der Waals surface area contributed by atoms with Gasteiger partial charge in [0.25, 0.3) is 0 Å². The Labute approximate surface area is 118 Å². The number of nitrogens with zero attached hydrogens (tertiary/aromatic N) is 3. The summed E-state index contributed by atoms with van der Waals surface area (Å²) in [4.78, 5) is 6.40. The number of hydrogen-bond donors (Lipinski definition) is 0. The molecule has 0 fully saturated rings. The summed E-state index contributed by atoms with van der Waals surface area (Å²) in [5.41, 5.74) is 0.824. The minimum absolute atomic E-state index is 0.528. The molecule has 1 aromatic heterocycles. The van der Waals surface area contributed by atoms with Crippen LogP contribution in [0.5, 0.6) is 11.5 Å². The first kappa shape index (κ1) is 14.2. The Morgan fingerprint density at radius 2 is 1.80 bits per heavy atom. The summed E-state index contributed by atoms with van der Waals surface area (Å²) in [7, 11) is 3.20. The number of aromatic nitrogens is 2. The SMILES string of the molecule is CCN(CC)c1nc(-c2ccc(OC)c(OC)c2)no1. The topological polar surface area (TPSA) is 60.6 Å². The highest BCUT2D eigenvalue weighted by Crippen LogP contribution is 2.31. The maximum absolute atomic E-state index is 5.29. The van der Waals surface area contributed by atoms with Crippen LogP contribution >= 0.6 is 0 Å². The van der Waals surface area contributed by atoms with Crippen LogP contribution in [0.2, 0.25) is 0 Å². The Bertz CT molecular complexity index is 565. The van der Waals surface area contributed by atoms with Crippen LogP contribution in [0.4, 0.5) is 6.01 Å². The lowest BCUT2D eigenvalue weighted by atomic mass is 10.2. The van der Waals surface area contributed by atoms with Gasteiger partial charge in [-0.3, -0.25) is 0 Å². The van der Waals surface area contributed by atoms with Gasteiger partial charge in [-0.25, -0.2) is 0 Å². The van der Waals surface area contributed by atoms with Crippen LogP contribution in [0.25, 0.3) is 11.4 Å². The molecule has 1 aromatic carbocycles.